The Hall–Kier alpha value is -2.10. The van der Waals surface area contributed by atoms with Crippen LogP contribution in [0.3, 0.4) is 0 Å². The topological polar surface area (TPSA) is 66.0 Å². The van der Waals surface area contributed by atoms with Crippen LogP contribution in [0.25, 0.3) is 0 Å². The molecule has 2 rings (SSSR count). The minimum absolute atomic E-state index is 0.125. The van der Waals surface area contributed by atoms with Crippen molar-refractivity contribution in [2.75, 3.05) is 0 Å². The number of H-pyrrole nitrogens is 1. The van der Waals surface area contributed by atoms with E-state index in [1.54, 1.807) is 0 Å². The van der Waals surface area contributed by atoms with Gasteiger partial charge in [0.1, 0.15) is 0 Å². The van der Waals surface area contributed by atoms with Gasteiger partial charge in [-0.3, -0.25) is 0 Å². The molecule has 2 N–H and O–H groups in total. The van der Waals surface area contributed by atoms with Gasteiger partial charge in [-0.15, -0.1) is 0 Å². The molecule has 0 unspecified atom stereocenters. The second-order valence-corrected chi connectivity index (χ2v) is 4.46. The third-order valence-electron chi connectivity index (χ3n) is 3.06. The van der Waals surface area contributed by atoms with Crippen molar-refractivity contribution in [1.82, 2.24) is 9.97 Å². The van der Waals surface area contributed by atoms with E-state index in [0.717, 1.165) is 6.42 Å². The van der Waals surface area contributed by atoms with Crippen molar-refractivity contribution in [2.24, 2.45) is 0 Å². The van der Waals surface area contributed by atoms with Gasteiger partial charge < -0.3 is 10.1 Å². The van der Waals surface area contributed by atoms with Crippen LogP contribution < -0.4 is 0 Å². The molecule has 94 valence electrons. The summed E-state index contributed by atoms with van der Waals surface area (Å²) in [6.45, 7) is 4.14. The van der Waals surface area contributed by atoms with Gasteiger partial charge in [0.25, 0.3) is 0 Å². The summed E-state index contributed by atoms with van der Waals surface area (Å²) in [5.41, 5.74) is 4.53. The van der Waals surface area contributed by atoms with Gasteiger partial charge in [0, 0.05) is 5.69 Å². The molecule has 1 aromatic heterocycles. The summed E-state index contributed by atoms with van der Waals surface area (Å²) in [5, 5.41) is 8.96. The largest absolute Gasteiger partial charge is 0.476 e. The molecular weight excluding hydrogens is 228 g/mol. The quantitative estimate of drug-likeness (QED) is 0.868. The third kappa shape index (κ3) is 2.59. The number of imidazole rings is 1. The fraction of sp³-hybridized carbons (Fsp3) is 0.286. The summed E-state index contributed by atoms with van der Waals surface area (Å²) in [5.74, 6) is -0.980. The Morgan fingerprint density at radius 3 is 2.78 bits per heavy atom. The van der Waals surface area contributed by atoms with Crippen LogP contribution in [0.2, 0.25) is 0 Å². The molecule has 1 heterocycles. The first-order valence-corrected chi connectivity index (χ1v) is 5.89. The molecule has 0 saturated carbocycles. The van der Waals surface area contributed by atoms with Crippen molar-refractivity contribution in [1.29, 1.82) is 0 Å². The lowest BCUT2D eigenvalue weighted by atomic mass is 10.0. The number of aromatic nitrogens is 2. The maximum Gasteiger partial charge on any atom is 0.356 e. The third-order valence-corrected chi connectivity index (χ3v) is 3.06. The van der Waals surface area contributed by atoms with Crippen LogP contribution in [0.15, 0.2) is 24.5 Å². The zero-order valence-corrected chi connectivity index (χ0v) is 10.5. The molecule has 0 amide bonds. The van der Waals surface area contributed by atoms with Crippen LogP contribution in [0, 0.1) is 13.8 Å². The van der Waals surface area contributed by atoms with E-state index < -0.39 is 5.97 Å². The number of aryl methyl sites for hydroxylation is 4. The van der Waals surface area contributed by atoms with Crippen LogP contribution in [0.1, 0.15) is 32.9 Å². The molecule has 2 aromatic rings. The molecule has 0 saturated heterocycles. The second-order valence-electron chi connectivity index (χ2n) is 4.46. The number of carboxylic acid groups (broad SMARTS) is 1. The van der Waals surface area contributed by atoms with E-state index in [0.29, 0.717) is 12.1 Å². The number of carboxylic acids is 1. The van der Waals surface area contributed by atoms with Crippen molar-refractivity contribution in [2.45, 2.75) is 26.7 Å². The summed E-state index contributed by atoms with van der Waals surface area (Å²) < 4.78 is 0. The van der Waals surface area contributed by atoms with Gasteiger partial charge in [0.15, 0.2) is 5.69 Å². The Morgan fingerprint density at radius 1 is 1.33 bits per heavy atom. The zero-order chi connectivity index (χ0) is 13.1. The van der Waals surface area contributed by atoms with Crippen LogP contribution in [0.4, 0.5) is 0 Å². The van der Waals surface area contributed by atoms with Crippen molar-refractivity contribution < 1.29 is 9.90 Å². The lowest BCUT2D eigenvalue weighted by Gasteiger charge is -2.06. The molecule has 18 heavy (non-hydrogen) atoms. The van der Waals surface area contributed by atoms with E-state index in [2.05, 4.69) is 42.0 Å². The standard InChI is InChI=1S/C14H16N2O2/c1-9-3-4-11(10(2)7-9)5-6-12-13(14(17)18)16-8-15-12/h3-4,7-8H,5-6H2,1-2H3,(H,15,16)(H,17,18). The summed E-state index contributed by atoms with van der Waals surface area (Å²) in [4.78, 5) is 17.6. The van der Waals surface area contributed by atoms with E-state index >= 15 is 0 Å². The van der Waals surface area contributed by atoms with Crippen molar-refractivity contribution in [3.8, 4) is 0 Å². The maximum atomic E-state index is 10.9. The fourth-order valence-corrected chi connectivity index (χ4v) is 2.08. The van der Waals surface area contributed by atoms with Gasteiger partial charge in [-0.05, 0) is 37.8 Å². The summed E-state index contributed by atoms with van der Waals surface area (Å²) in [6.07, 6.45) is 2.90. The predicted molar refractivity (Wildman–Crippen MR) is 68.9 cm³/mol. The SMILES string of the molecule is Cc1ccc(CCc2[nH]cnc2C(=O)O)c(C)c1. The van der Waals surface area contributed by atoms with Crippen LogP contribution in [-0.2, 0) is 12.8 Å². The zero-order valence-electron chi connectivity index (χ0n) is 10.5. The molecule has 0 aliphatic carbocycles. The average molecular weight is 244 g/mol. The van der Waals surface area contributed by atoms with Crippen LogP contribution in [-0.4, -0.2) is 21.0 Å². The normalized spacial score (nSPS) is 10.6. The average Bonchev–Trinajstić information content (AvgIpc) is 2.76. The first kappa shape index (κ1) is 12.4. The lowest BCUT2D eigenvalue weighted by molar-refractivity contribution is 0.0690. The number of rotatable bonds is 4. The Labute approximate surface area is 106 Å². The Bertz CT molecular complexity index is 573. The number of hydrogen-bond donors (Lipinski definition) is 2. The highest BCUT2D eigenvalue weighted by atomic mass is 16.4. The molecule has 1 aromatic carbocycles. The summed E-state index contributed by atoms with van der Waals surface area (Å²) >= 11 is 0. The molecular formula is C14H16N2O2. The molecule has 0 aliphatic rings. The van der Waals surface area contributed by atoms with E-state index in [-0.39, 0.29) is 5.69 Å². The molecule has 0 bridgehead atoms. The van der Waals surface area contributed by atoms with E-state index in [4.69, 9.17) is 5.11 Å². The smallest absolute Gasteiger partial charge is 0.356 e. The second kappa shape index (κ2) is 5.04. The fourth-order valence-electron chi connectivity index (χ4n) is 2.08. The van der Waals surface area contributed by atoms with Gasteiger partial charge in [-0.2, -0.15) is 0 Å². The Morgan fingerprint density at radius 2 is 2.11 bits per heavy atom. The van der Waals surface area contributed by atoms with Gasteiger partial charge in [-0.25, -0.2) is 9.78 Å². The molecule has 0 spiro atoms. The first-order chi connectivity index (χ1) is 8.58. The lowest BCUT2D eigenvalue weighted by Crippen LogP contribution is -2.04. The highest BCUT2D eigenvalue weighted by molar-refractivity contribution is 5.86. The highest BCUT2D eigenvalue weighted by Gasteiger charge is 2.12. The Kier molecular flexibility index (Phi) is 3.46. The van der Waals surface area contributed by atoms with Crippen molar-refractivity contribution >= 4 is 5.97 Å². The number of benzene rings is 1. The number of aromatic carboxylic acids is 1. The van der Waals surface area contributed by atoms with Crippen LogP contribution in [0.5, 0.6) is 0 Å². The Balaban J connectivity index is 2.11. The number of hydrogen-bond acceptors (Lipinski definition) is 2. The molecule has 0 aliphatic heterocycles. The van der Waals surface area contributed by atoms with Gasteiger partial charge in [0.2, 0.25) is 0 Å². The first-order valence-electron chi connectivity index (χ1n) is 5.89. The van der Waals surface area contributed by atoms with Gasteiger partial charge >= 0.3 is 5.97 Å². The molecule has 0 fully saturated rings. The van der Waals surface area contributed by atoms with E-state index in [1.165, 1.54) is 23.0 Å². The minimum atomic E-state index is -0.980. The molecule has 0 radical (unpaired) electrons. The maximum absolute atomic E-state index is 10.9. The number of nitrogens with one attached hydrogen (secondary N) is 1. The van der Waals surface area contributed by atoms with Gasteiger partial charge in [-0.1, -0.05) is 23.8 Å². The number of carbonyl (C=O) groups is 1. The van der Waals surface area contributed by atoms with E-state index in [1.807, 2.05) is 0 Å². The number of nitrogens with zero attached hydrogens (tertiary/aromatic N) is 1. The number of aromatic amines is 1. The van der Waals surface area contributed by atoms with Crippen LogP contribution >= 0.6 is 0 Å². The van der Waals surface area contributed by atoms with Gasteiger partial charge in [0.05, 0.1) is 6.33 Å². The molecule has 4 heteroatoms. The molecule has 4 nitrogen and oxygen atoms in total. The minimum Gasteiger partial charge on any atom is -0.476 e. The monoisotopic (exact) mass is 244 g/mol. The highest BCUT2D eigenvalue weighted by Crippen LogP contribution is 2.14. The van der Waals surface area contributed by atoms with Crippen molar-refractivity contribution in [3.63, 3.8) is 0 Å². The van der Waals surface area contributed by atoms with Crippen molar-refractivity contribution in [3.05, 3.63) is 52.6 Å². The molecule has 0 atom stereocenters. The van der Waals surface area contributed by atoms with E-state index in [9.17, 15) is 4.79 Å². The summed E-state index contributed by atoms with van der Waals surface area (Å²) in [6, 6.07) is 6.31. The summed E-state index contributed by atoms with van der Waals surface area (Å²) in [7, 11) is 0. The predicted octanol–water partition coefficient (Wildman–Crippen LogP) is 2.51.